The standard InChI is InChI=1S/C23H26N6O2S/c1-3-16-13-24-20(25-14-16)17-5-10-29(11-6-17)22-26-18-7-12-32(30)19(18)21(27-22)28-23(15-31-2)8-4-9-23/h1,5,13-14H,4,6-12,15H2,2H3,(H,26,27,28)/t32-/m1/s1. The first-order valence-electron chi connectivity index (χ1n) is 10.9. The van der Waals surface area contributed by atoms with Gasteiger partial charge in [0.05, 0.1) is 34.2 Å². The Labute approximate surface area is 190 Å². The number of rotatable bonds is 6. The van der Waals surface area contributed by atoms with Crippen LogP contribution in [-0.4, -0.2) is 62.2 Å². The Morgan fingerprint density at radius 2 is 2.09 bits per heavy atom. The molecule has 32 heavy (non-hydrogen) atoms. The van der Waals surface area contributed by atoms with E-state index in [2.05, 4.69) is 32.2 Å². The highest BCUT2D eigenvalue weighted by Crippen LogP contribution is 2.39. The molecule has 5 rings (SSSR count). The maximum absolute atomic E-state index is 12.7. The second kappa shape index (κ2) is 8.60. The average molecular weight is 451 g/mol. The van der Waals surface area contributed by atoms with Gasteiger partial charge in [0.15, 0.2) is 5.82 Å². The van der Waals surface area contributed by atoms with Gasteiger partial charge in [-0.1, -0.05) is 12.0 Å². The van der Waals surface area contributed by atoms with E-state index in [0.717, 1.165) is 48.4 Å². The molecule has 0 aromatic carbocycles. The Hall–Kier alpha value is -2.83. The molecule has 0 saturated heterocycles. The Balaban J connectivity index is 1.40. The van der Waals surface area contributed by atoms with Crippen molar-refractivity contribution in [3.63, 3.8) is 0 Å². The topological polar surface area (TPSA) is 93.1 Å². The molecule has 0 amide bonds. The van der Waals surface area contributed by atoms with E-state index in [1.54, 1.807) is 19.5 Å². The minimum Gasteiger partial charge on any atom is -0.382 e. The van der Waals surface area contributed by atoms with E-state index >= 15 is 0 Å². The molecule has 1 aliphatic carbocycles. The molecule has 0 bridgehead atoms. The third-order valence-corrected chi connectivity index (χ3v) is 7.85. The highest BCUT2D eigenvalue weighted by Gasteiger charge is 2.39. The van der Waals surface area contributed by atoms with Gasteiger partial charge in [-0.15, -0.1) is 6.42 Å². The smallest absolute Gasteiger partial charge is 0.227 e. The van der Waals surface area contributed by atoms with Crippen molar-refractivity contribution in [3.8, 4) is 12.3 Å². The van der Waals surface area contributed by atoms with Crippen molar-refractivity contribution >= 4 is 28.1 Å². The number of fused-ring (bicyclic) bond motifs is 1. The predicted octanol–water partition coefficient (Wildman–Crippen LogP) is 2.19. The summed E-state index contributed by atoms with van der Waals surface area (Å²) >= 11 is 0. The number of aryl methyl sites for hydroxylation is 1. The van der Waals surface area contributed by atoms with E-state index in [1.807, 2.05) is 0 Å². The zero-order valence-electron chi connectivity index (χ0n) is 18.1. The molecule has 1 N–H and O–H groups in total. The van der Waals surface area contributed by atoms with Crippen LogP contribution >= 0.6 is 0 Å². The summed E-state index contributed by atoms with van der Waals surface area (Å²) in [6, 6.07) is 0. The largest absolute Gasteiger partial charge is 0.382 e. The van der Waals surface area contributed by atoms with Crippen molar-refractivity contribution < 1.29 is 8.95 Å². The van der Waals surface area contributed by atoms with E-state index in [-0.39, 0.29) is 5.54 Å². The fourth-order valence-corrected chi connectivity index (χ4v) is 5.77. The lowest BCUT2D eigenvalue weighted by Gasteiger charge is -2.42. The van der Waals surface area contributed by atoms with Crippen LogP contribution in [-0.2, 0) is 22.0 Å². The summed E-state index contributed by atoms with van der Waals surface area (Å²) in [6.45, 7) is 2.04. The molecule has 1 fully saturated rings. The normalized spacial score (nSPS) is 21.3. The third-order valence-electron chi connectivity index (χ3n) is 6.39. The predicted molar refractivity (Wildman–Crippen MR) is 124 cm³/mol. The van der Waals surface area contributed by atoms with Crippen molar-refractivity contribution in [1.82, 2.24) is 19.9 Å². The highest BCUT2D eigenvalue weighted by molar-refractivity contribution is 7.85. The SMILES string of the molecule is C#Cc1cnc(C2=CCN(c3nc4c(c(NC5(COC)CCC5)n3)[S@](=O)CC4)CC2)nc1. The van der Waals surface area contributed by atoms with Crippen LogP contribution in [0, 0.1) is 12.3 Å². The summed E-state index contributed by atoms with van der Waals surface area (Å²) in [4.78, 5) is 21.3. The zero-order valence-corrected chi connectivity index (χ0v) is 19.0. The Morgan fingerprint density at radius 3 is 2.72 bits per heavy atom. The van der Waals surface area contributed by atoms with Gasteiger partial charge in [0.25, 0.3) is 0 Å². The molecule has 4 heterocycles. The first-order valence-corrected chi connectivity index (χ1v) is 12.2. The molecule has 0 unspecified atom stereocenters. The maximum atomic E-state index is 12.7. The van der Waals surface area contributed by atoms with E-state index in [4.69, 9.17) is 21.1 Å². The molecule has 166 valence electrons. The Kier molecular flexibility index (Phi) is 5.66. The molecule has 2 aromatic heterocycles. The monoisotopic (exact) mass is 450 g/mol. The fourth-order valence-electron chi connectivity index (χ4n) is 4.47. The summed E-state index contributed by atoms with van der Waals surface area (Å²) < 4.78 is 18.1. The minimum atomic E-state index is -1.06. The molecule has 0 radical (unpaired) electrons. The van der Waals surface area contributed by atoms with Gasteiger partial charge >= 0.3 is 0 Å². The maximum Gasteiger partial charge on any atom is 0.227 e. The van der Waals surface area contributed by atoms with Gasteiger partial charge < -0.3 is 15.0 Å². The van der Waals surface area contributed by atoms with Crippen LogP contribution in [0.4, 0.5) is 11.8 Å². The van der Waals surface area contributed by atoms with Crippen molar-refractivity contribution in [2.75, 3.05) is 42.8 Å². The number of anilines is 2. The molecule has 1 atom stereocenters. The second-order valence-corrected chi connectivity index (χ2v) is 10.0. The Bertz CT molecular complexity index is 1120. The highest BCUT2D eigenvalue weighted by atomic mass is 32.2. The molecular weight excluding hydrogens is 424 g/mol. The van der Waals surface area contributed by atoms with Crippen LogP contribution in [0.25, 0.3) is 5.57 Å². The van der Waals surface area contributed by atoms with E-state index < -0.39 is 10.8 Å². The molecule has 0 spiro atoms. The van der Waals surface area contributed by atoms with Crippen LogP contribution < -0.4 is 10.2 Å². The Morgan fingerprint density at radius 1 is 1.28 bits per heavy atom. The van der Waals surface area contributed by atoms with Crippen molar-refractivity contribution in [2.24, 2.45) is 0 Å². The van der Waals surface area contributed by atoms with Gasteiger partial charge in [0.1, 0.15) is 10.7 Å². The number of terminal acetylenes is 1. The number of methoxy groups -OCH3 is 1. The number of aromatic nitrogens is 4. The number of hydrogen-bond acceptors (Lipinski definition) is 8. The summed E-state index contributed by atoms with van der Waals surface area (Å²) in [5.74, 6) is 5.24. The number of nitrogens with one attached hydrogen (secondary N) is 1. The molecule has 2 aromatic rings. The number of hydrogen-bond donors (Lipinski definition) is 1. The summed E-state index contributed by atoms with van der Waals surface area (Å²) in [5.41, 5.74) is 2.54. The van der Waals surface area contributed by atoms with E-state index in [0.29, 0.717) is 48.5 Å². The van der Waals surface area contributed by atoms with Crippen LogP contribution in [0.5, 0.6) is 0 Å². The summed E-state index contributed by atoms with van der Waals surface area (Å²) in [7, 11) is 0.658. The van der Waals surface area contributed by atoms with Crippen LogP contribution in [0.2, 0.25) is 0 Å². The molecule has 8 nitrogen and oxygen atoms in total. The van der Waals surface area contributed by atoms with Crippen molar-refractivity contribution in [3.05, 3.63) is 35.6 Å². The van der Waals surface area contributed by atoms with Gasteiger partial charge in [-0.3, -0.25) is 4.21 Å². The second-order valence-electron chi connectivity index (χ2n) is 8.50. The van der Waals surface area contributed by atoms with Crippen LogP contribution in [0.3, 0.4) is 0 Å². The quantitative estimate of drug-likeness (QED) is 0.670. The molecule has 3 aliphatic rings. The minimum absolute atomic E-state index is 0.127. The van der Waals surface area contributed by atoms with E-state index in [1.165, 1.54) is 0 Å². The lowest BCUT2D eigenvalue weighted by Crippen LogP contribution is -2.49. The van der Waals surface area contributed by atoms with E-state index in [9.17, 15) is 4.21 Å². The van der Waals surface area contributed by atoms with Gasteiger partial charge in [-0.25, -0.2) is 15.0 Å². The van der Waals surface area contributed by atoms with Crippen molar-refractivity contribution in [2.45, 2.75) is 42.5 Å². The van der Waals surface area contributed by atoms with Gasteiger partial charge in [0.2, 0.25) is 5.95 Å². The number of ether oxygens (including phenoxy) is 1. The van der Waals surface area contributed by atoms with Crippen LogP contribution in [0.1, 0.15) is 42.8 Å². The number of nitrogens with zero attached hydrogens (tertiary/aromatic N) is 5. The lowest BCUT2D eigenvalue weighted by atomic mass is 9.77. The average Bonchev–Trinajstić information content (AvgIpc) is 3.19. The summed E-state index contributed by atoms with van der Waals surface area (Å²) in [6.07, 6.45) is 15.6. The van der Waals surface area contributed by atoms with Crippen LogP contribution in [0.15, 0.2) is 23.4 Å². The zero-order chi connectivity index (χ0) is 22.1. The molecule has 2 aliphatic heterocycles. The third kappa shape index (κ3) is 3.89. The molecule has 9 heteroatoms. The van der Waals surface area contributed by atoms with Gasteiger partial charge in [-0.2, -0.15) is 4.98 Å². The fraction of sp³-hybridized carbons (Fsp3) is 0.478. The first-order chi connectivity index (χ1) is 15.6. The van der Waals surface area contributed by atoms with Crippen molar-refractivity contribution in [1.29, 1.82) is 0 Å². The summed E-state index contributed by atoms with van der Waals surface area (Å²) in [5, 5.41) is 3.60. The van der Waals surface area contributed by atoms with Gasteiger partial charge in [-0.05, 0) is 31.3 Å². The molecule has 1 saturated carbocycles. The van der Waals surface area contributed by atoms with Gasteiger partial charge in [0, 0.05) is 44.8 Å². The first kappa shape index (κ1) is 21.0. The molecular formula is C23H26N6O2S. The lowest BCUT2D eigenvalue weighted by molar-refractivity contribution is 0.0979.